The molecule has 1 aliphatic rings. The monoisotopic (exact) mass is 484 g/mol. The second-order valence-electron chi connectivity index (χ2n) is 8.40. The molecule has 2 aromatic carbocycles. The average molecular weight is 485 g/mol. The number of rotatable bonds is 12. The summed E-state index contributed by atoms with van der Waals surface area (Å²) in [5, 5.41) is 14.6. The highest BCUT2D eigenvalue weighted by Gasteiger charge is 2.30. The third-order valence-corrected chi connectivity index (χ3v) is 6.61. The minimum absolute atomic E-state index is 0.0684. The van der Waals surface area contributed by atoms with Crippen molar-refractivity contribution < 1.29 is 24.2 Å². The second kappa shape index (κ2) is 12.5. The normalized spacial score (nSPS) is 13.9. The van der Waals surface area contributed by atoms with Gasteiger partial charge in [0.15, 0.2) is 0 Å². The SMILES string of the molecule is CCC[C@@H](CC(=O)O)NC(=O)C(CCSC)NC(=O)OCC1c2ccccc2-c2ccccc21. The van der Waals surface area contributed by atoms with E-state index in [1.54, 1.807) is 11.8 Å². The molecule has 2 atom stereocenters. The summed E-state index contributed by atoms with van der Waals surface area (Å²) in [5.41, 5.74) is 4.52. The number of benzene rings is 2. The molecule has 34 heavy (non-hydrogen) atoms. The van der Waals surface area contributed by atoms with Gasteiger partial charge in [-0.25, -0.2) is 4.79 Å². The summed E-state index contributed by atoms with van der Waals surface area (Å²) in [4.78, 5) is 36.7. The first-order chi connectivity index (χ1) is 16.4. The van der Waals surface area contributed by atoms with Gasteiger partial charge in [0.2, 0.25) is 5.91 Å². The number of alkyl carbamates (subject to hydrolysis) is 1. The highest BCUT2D eigenvalue weighted by atomic mass is 32.2. The van der Waals surface area contributed by atoms with Gasteiger partial charge >= 0.3 is 12.1 Å². The summed E-state index contributed by atoms with van der Waals surface area (Å²) < 4.78 is 5.59. The van der Waals surface area contributed by atoms with E-state index in [1.165, 1.54) is 0 Å². The van der Waals surface area contributed by atoms with Crippen molar-refractivity contribution in [2.75, 3.05) is 18.6 Å². The standard InChI is InChI=1S/C26H32N2O5S/c1-3-8-17(15-24(29)30)27-25(31)23(13-14-34-2)28-26(32)33-16-22-20-11-6-4-9-18(20)19-10-5-7-12-21(19)22/h4-7,9-12,17,22-23H,3,8,13-16H2,1-2H3,(H,27,31)(H,28,32)(H,29,30)/t17-,23?/m0/s1. The van der Waals surface area contributed by atoms with Gasteiger partial charge in [0.05, 0.1) is 6.42 Å². The first kappa shape index (κ1) is 25.6. The molecule has 0 heterocycles. The van der Waals surface area contributed by atoms with Gasteiger partial charge in [-0.05, 0) is 47.1 Å². The van der Waals surface area contributed by atoms with Gasteiger partial charge in [-0.15, -0.1) is 0 Å². The number of thioether (sulfide) groups is 1. The Hall–Kier alpha value is -3.00. The zero-order valence-electron chi connectivity index (χ0n) is 19.6. The first-order valence-electron chi connectivity index (χ1n) is 11.6. The van der Waals surface area contributed by atoms with E-state index < -0.39 is 24.1 Å². The zero-order valence-corrected chi connectivity index (χ0v) is 20.4. The van der Waals surface area contributed by atoms with Gasteiger partial charge < -0.3 is 20.5 Å². The minimum atomic E-state index is -0.969. The number of carboxylic acid groups (broad SMARTS) is 1. The summed E-state index contributed by atoms with van der Waals surface area (Å²) in [6.45, 7) is 2.09. The van der Waals surface area contributed by atoms with Gasteiger partial charge in [0.1, 0.15) is 12.6 Å². The lowest BCUT2D eigenvalue weighted by Crippen LogP contribution is -2.50. The minimum Gasteiger partial charge on any atom is -0.481 e. The van der Waals surface area contributed by atoms with Crippen LogP contribution in [0.2, 0.25) is 0 Å². The number of carbonyl (C=O) groups is 3. The van der Waals surface area contributed by atoms with Crippen LogP contribution in [-0.2, 0) is 14.3 Å². The lowest BCUT2D eigenvalue weighted by molar-refractivity contribution is -0.137. The summed E-state index contributed by atoms with van der Waals surface area (Å²) in [6.07, 6.45) is 2.83. The third kappa shape index (κ3) is 6.53. The number of carbonyl (C=O) groups excluding carboxylic acids is 2. The lowest BCUT2D eigenvalue weighted by atomic mass is 9.98. The summed E-state index contributed by atoms with van der Waals surface area (Å²) in [6, 6.07) is 14.9. The maximum atomic E-state index is 12.9. The quantitative estimate of drug-likeness (QED) is 0.412. The van der Waals surface area contributed by atoms with Gasteiger partial charge in [-0.3, -0.25) is 9.59 Å². The van der Waals surface area contributed by atoms with Crippen LogP contribution in [0.4, 0.5) is 4.79 Å². The van der Waals surface area contributed by atoms with Crippen LogP contribution in [0.1, 0.15) is 49.7 Å². The molecule has 0 fully saturated rings. The van der Waals surface area contributed by atoms with E-state index in [1.807, 2.05) is 49.6 Å². The highest BCUT2D eigenvalue weighted by Crippen LogP contribution is 2.44. The van der Waals surface area contributed by atoms with E-state index in [0.717, 1.165) is 28.7 Å². The second-order valence-corrected chi connectivity index (χ2v) is 9.38. The molecular formula is C26H32N2O5S. The van der Waals surface area contributed by atoms with Gasteiger partial charge in [-0.1, -0.05) is 61.9 Å². The van der Waals surface area contributed by atoms with Crippen molar-refractivity contribution in [1.29, 1.82) is 0 Å². The lowest BCUT2D eigenvalue weighted by Gasteiger charge is -2.22. The Morgan fingerprint density at radius 2 is 1.62 bits per heavy atom. The van der Waals surface area contributed by atoms with Crippen molar-refractivity contribution in [3.8, 4) is 11.1 Å². The molecular weight excluding hydrogens is 452 g/mol. The topological polar surface area (TPSA) is 105 Å². The predicted octanol–water partition coefficient (Wildman–Crippen LogP) is 4.41. The molecule has 0 saturated heterocycles. The molecule has 3 rings (SSSR count). The summed E-state index contributed by atoms with van der Waals surface area (Å²) in [5.74, 6) is -0.758. The smallest absolute Gasteiger partial charge is 0.407 e. The fraction of sp³-hybridized carbons (Fsp3) is 0.423. The van der Waals surface area contributed by atoms with Crippen LogP contribution >= 0.6 is 11.8 Å². The van der Waals surface area contributed by atoms with Crippen molar-refractivity contribution in [3.05, 3.63) is 59.7 Å². The number of aliphatic carboxylic acids is 1. The molecule has 0 aliphatic heterocycles. The molecule has 7 nitrogen and oxygen atoms in total. The third-order valence-electron chi connectivity index (χ3n) is 5.97. The van der Waals surface area contributed by atoms with Crippen LogP contribution in [0.25, 0.3) is 11.1 Å². The van der Waals surface area contributed by atoms with Gasteiger partial charge in [0.25, 0.3) is 0 Å². The molecule has 2 amide bonds. The Kier molecular flexibility index (Phi) is 9.39. The van der Waals surface area contributed by atoms with Crippen LogP contribution in [-0.4, -0.2) is 53.8 Å². The van der Waals surface area contributed by atoms with E-state index >= 15 is 0 Å². The van der Waals surface area contributed by atoms with Crippen molar-refractivity contribution >= 4 is 29.7 Å². The van der Waals surface area contributed by atoms with Crippen LogP contribution in [0.3, 0.4) is 0 Å². The highest BCUT2D eigenvalue weighted by molar-refractivity contribution is 7.98. The molecule has 3 N–H and O–H groups in total. The Morgan fingerprint density at radius 3 is 2.18 bits per heavy atom. The van der Waals surface area contributed by atoms with Crippen molar-refractivity contribution in [1.82, 2.24) is 10.6 Å². The molecule has 1 aliphatic carbocycles. The average Bonchev–Trinajstić information content (AvgIpc) is 3.14. The molecule has 0 bridgehead atoms. The van der Waals surface area contributed by atoms with Crippen LogP contribution in [0.5, 0.6) is 0 Å². The number of fused-ring (bicyclic) bond motifs is 3. The Bertz CT molecular complexity index is 967. The fourth-order valence-electron chi connectivity index (χ4n) is 4.37. The Morgan fingerprint density at radius 1 is 1.00 bits per heavy atom. The number of nitrogens with one attached hydrogen (secondary N) is 2. The molecule has 182 valence electrons. The van der Waals surface area contributed by atoms with Crippen LogP contribution < -0.4 is 10.6 Å². The Labute approximate surface area is 204 Å². The van der Waals surface area contributed by atoms with E-state index in [0.29, 0.717) is 18.6 Å². The molecule has 1 unspecified atom stereocenters. The van der Waals surface area contributed by atoms with E-state index in [4.69, 9.17) is 9.84 Å². The van der Waals surface area contributed by atoms with Crippen molar-refractivity contribution in [2.24, 2.45) is 0 Å². The van der Waals surface area contributed by atoms with Crippen molar-refractivity contribution in [3.63, 3.8) is 0 Å². The number of amides is 2. The molecule has 2 aromatic rings. The van der Waals surface area contributed by atoms with E-state index in [-0.39, 0.29) is 24.9 Å². The van der Waals surface area contributed by atoms with Gasteiger partial charge in [-0.2, -0.15) is 11.8 Å². The molecule has 0 aromatic heterocycles. The number of hydrogen-bond donors (Lipinski definition) is 3. The van der Waals surface area contributed by atoms with E-state index in [2.05, 4.69) is 22.8 Å². The molecule has 0 radical (unpaired) electrons. The van der Waals surface area contributed by atoms with Crippen LogP contribution in [0.15, 0.2) is 48.5 Å². The van der Waals surface area contributed by atoms with Gasteiger partial charge in [0, 0.05) is 12.0 Å². The molecule has 0 saturated carbocycles. The molecule has 8 heteroatoms. The van der Waals surface area contributed by atoms with E-state index in [9.17, 15) is 14.4 Å². The molecule has 0 spiro atoms. The Balaban J connectivity index is 1.64. The van der Waals surface area contributed by atoms with Crippen LogP contribution in [0, 0.1) is 0 Å². The predicted molar refractivity (Wildman–Crippen MR) is 134 cm³/mol. The maximum absolute atomic E-state index is 12.9. The number of carboxylic acids is 1. The number of hydrogen-bond acceptors (Lipinski definition) is 5. The fourth-order valence-corrected chi connectivity index (χ4v) is 4.84. The maximum Gasteiger partial charge on any atom is 0.407 e. The summed E-state index contributed by atoms with van der Waals surface area (Å²) >= 11 is 1.57. The van der Waals surface area contributed by atoms with Crippen molar-refractivity contribution in [2.45, 2.75) is 50.6 Å². The number of ether oxygens (including phenoxy) is 1. The first-order valence-corrected chi connectivity index (χ1v) is 13.0. The zero-order chi connectivity index (χ0) is 24.5. The largest absolute Gasteiger partial charge is 0.481 e. The summed E-state index contributed by atoms with van der Waals surface area (Å²) in [7, 11) is 0.